The Hall–Kier alpha value is -2.91. The van der Waals surface area contributed by atoms with Gasteiger partial charge in [-0.15, -0.1) is 0 Å². The summed E-state index contributed by atoms with van der Waals surface area (Å²) < 4.78 is 0.602. The summed E-state index contributed by atoms with van der Waals surface area (Å²) in [6.07, 6.45) is 1.09. The number of carbonyl (C=O) groups is 3. The highest BCUT2D eigenvalue weighted by Gasteiger charge is 2.38. The molecule has 2 aromatic carbocycles. The highest BCUT2D eigenvalue weighted by Crippen LogP contribution is 2.20. The first-order chi connectivity index (χ1) is 13.0. The molecule has 0 radical (unpaired) electrons. The van der Waals surface area contributed by atoms with Gasteiger partial charge in [0.2, 0.25) is 5.91 Å². The second kappa shape index (κ2) is 8.19. The van der Waals surface area contributed by atoms with Crippen molar-refractivity contribution in [3.63, 3.8) is 0 Å². The second-order valence-electron chi connectivity index (χ2n) is 5.48. The molecule has 2 aromatic rings. The lowest BCUT2D eigenvalue weighted by Crippen LogP contribution is -2.58. The van der Waals surface area contributed by atoms with Crippen LogP contribution in [0.3, 0.4) is 0 Å². The lowest BCUT2D eigenvalue weighted by Gasteiger charge is -2.30. The van der Waals surface area contributed by atoms with Crippen LogP contribution in [-0.4, -0.2) is 29.0 Å². The maximum Gasteiger partial charge on any atom is 0.272 e. The summed E-state index contributed by atoms with van der Waals surface area (Å²) in [7, 11) is 0. The summed E-state index contributed by atoms with van der Waals surface area (Å²) in [4.78, 5) is 38.2. The Labute approximate surface area is 168 Å². The molecular formula is C18H13BrN4O3S. The minimum atomic E-state index is -1.21. The molecule has 0 bridgehead atoms. The zero-order chi connectivity index (χ0) is 19.4. The van der Waals surface area contributed by atoms with E-state index in [9.17, 15) is 14.4 Å². The summed E-state index contributed by atoms with van der Waals surface area (Å²) in [6, 6.07) is 15.5. The number of nitrogens with one attached hydrogen (secondary N) is 2. The highest BCUT2D eigenvalue weighted by atomic mass is 79.9. The molecule has 7 nitrogen and oxygen atoms in total. The summed E-state index contributed by atoms with van der Waals surface area (Å²) >= 11 is 8.38. The van der Waals surface area contributed by atoms with Gasteiger partial charge in [-0.05, 0) is 52.4 Å². The number of hydrogen-bond acceptors (Lipinski definition) is 5. The fraction of sp³-hybridized carbons (Fsp3) is 0.0556. The van der Waals surface area contributed by atoms with Crippen molar-refractivity contribution in [1.82, 2.24) is 10.7 Å². The lowest BCUT2D eigenvalue weighted by atomic mass is 10.1. The second-order valence-corrected chi connectivity index (χ2v) is 6.72. The van der Waals surface area contributed by atoms with Gasteiger partial charge in [0.15, 0.2) is 11.0 Å². The van der Waals surface area contributed by atoms with E-state index in [0.29, 0.717) is 15.7 Å². The molecule has 136 valence electrons. The molecule has 0 aliphatic carbocycles. The van der Waals surface area contributed by atoms with Crippen molar-refractivity contribution in [2.75, 3.05) is 4.90 Å². The first kappa shape index (κ1) is 18.9. The predicted molar refractivity (Wildman–Crippen MR) is 108 cm³/mol. The van der Waals surface area contributed by atoms with Crippen molar-refractivity contribution in [2.24, 2.45) is 11.0 Å². The first-order valence-corrected chi connectivity index (χ1v) is 9.01. The van der Waals surface area contributed by atoms with E-state index in [0.717, 1.165) is 6.21 Å². The molecule has 0 aromatic heterocycles. The molecule has 1 atom stereocenters. The molecule has 9 heteroatoms. The number of hydrogen-bond donors (Lipinski definition) is 2. The van der Waals surface area contributed by atoms with Gasteiger partial charge in [0.05, 0.1) is 11.3 Å². The number of halogens is 1. The molecule has 0 saturated carbocycles. The summed E-state index contributed by atoms with van der Waals surface area (Å²) in [5.74, 6) is -2.83. The van der Waals surface area contributed by atoms with Crippen LogP contribution >= 0.6 is 28.1 Å². The smallest absolute Gasteiger partial charge is 0.272 e. The van der Waals surface area contributed by atoms with Gasteiger partial charge in [-0.2, -0.15) is 5.10 Å². The van der Waals surface area contributed by atoms with Crippen LogP contribution in [0.2, 0.25) is 0 Å². The Morgan fingerprint density at radius 3 is 2.52 bits per heavy atom. The maximum atomic E-state index is 12.7. The quantitative estimate of drug-likeness (QED) is 0.327. The van der Waals surface area contributed by atoms with Crippen molar-refractivity contribution in [2.45, 2.75) is 0 Å². The third-order valence-corrected chi connectivity index (χ3v) is 4.70. The summed E-state index contributed by atoms with van der Waals surface area (Å²) in [5, 5.41) is 6.24. The van der Waals surface area contributed by atoms with Crippen molar-refractivity contribution in [1.29, 1.82) is 0 Å². The zero-order valence-electron chi connectivity index (χ0n) is 13.8. The maximum absolute atomic E-state index is 12.7. The van der Waals surface area contributed by atoms with Gasteiger partial charge in [0.25, 0.3) is 11.8 Å². The number of benzene rings is 2. The van der Waals surface area contributed by atoms with Gasteiger partial charge in [-0.1, -0.05) is 30.3 Å². The van der Waals surface area contributed by atoms with Crippen molar-refractivity contribution in [3.8, 4) is 0 Å². The van der Waals surface area contributed by atoms with E-state index in [1.54, 1.807) is 54.6 Å². The van der Waals surface area contributed by atoms with Gasteiger partial charge in [0.1, 0.15) is 0 Å². The third-order valence-electron chi connectivity index (χ3n) is 3.72. The van der Waals surface area contributed by atoms with Crippen molar-refractivity contribution < 1.29 is 14.4 Å². The molecule has 3 rings (SSSR count). The van der Waals surface area contributed by atoms with E-state index in [1.807, 2.05) is 0 Å². The summed E-state index contributed by atoms with van der Waals surface area (Å²) in [5.41, 5.74) is 3.22. The van der Waals surface area contributed by atoms with E-state index in [1.165, 1.54) is 4.90 Å². The fourth-order valence-electron chi connectivity index (χ4n) is 2.42. The Bertz CT molecular complexity index is 949. The van der Waals surface area contributed by atoms with Crippen molar-refractivity contribution in [3.05, 3.63) is 64.6 Å². The monoisotopic (exact) mass is 444 g/mol. The van der Waals surface area contributed by atoms with E-state index < -0.39 is 23.6 Å². The van der Waals surface area contributed by atoms with Crippen LogP contribution in [0.4, 0.5) is 5.69 Å². The van der Waals surface area contributed by atoms with Gasteiger partial charge in [-0.25, -0.2) is 5.43 Å². The molecule has 1 aliphatic heterocycles. The summed E-state index contributed by atoms with van der Waals surface area (Å²) in [6.45, 7) is 0. The van der Waals surface area contributed by atoms with Crippen LogP contribution in [-0.2, 0) is 9.59 Å². The zero-order valence-corrected chi connectivity index (χ0v) is 16.2. The molecule has 1 aliphatic rings. The third kappa shape index (κ3) is 4.09. The van der Waals surface area contributed by atoms with Gasteiger partial charge in [0, 0.05) is 10.7 Å². The number of hydrazone groups is 1. The van der Waals surface area contributed by atoms with E-state index in [2.05, 4.69) is 31.8 Å². The van der Waals surface area contributed by atoms with Gasteiger partial charge < -0.3 is 5.32 Å². The predicted octanol–water partition coefficient (Wildman–Crippen LogP) is 2.23. The Kier molecular flexibility index (Phi) is 5.72. The molecule has 3 amide bonds. The van der Waals surface area contributed by atoms with Crippen LogP contribution in [0.1, 0.15) is 10.4 Å². The molecule has 2 N–H and O–H groups in total. The lowest BCUT2D eigenvalue weighted by molar-refractivity contribution is -0.130. The van der Waals surface area contributed by atoms with Gasteiger partial charge in [-0.3, -0.25) is 19.3 Å². The average Bonchev–Trinajstić information content (AvgIpc) is 2.65. The molecular weight excluding hydrogens is 432 g/mol. The largest absolute Gasteiger partial charge is 0.301 e. The SMILES string of the molecule is O=C(N/N=C\[C@@H]1C(=O)NC(=S)N(c2ccccc2)C1=O)c1ccccc1Br. The van der Waals surface area contributed by atoms with E-state index in [-0.39, 0.29) is 5.11 Å². The van der Waals surface area contributed by atoms with Crippen LogP contribution in [0.5, 0.6) is 0 Å². The highest BCUT2D eigenvalue weighted by molar-refractivity contribution is 9.10. The van der Waals surface area contributed by atoms with Crippen LogP contribution in [0.25, 0.3) is 0 Å². The minimum Gasteiger partial charge on any atom is -0.301 e. The van der Waals surface area contributed by atoms with Gasteiger partial charge >= 0.3 is 0 Å². The molecule has 1 saturated heterocycles. The van der Waals surface area contributed by atoms with E-state index in [4.69, 9.17) is 12.2 Å². The Balaban J connectivity index is 1.75. The molecule has 0 unspecified atom stereocenters. The molecule has 1 fully saturated rings. The first-order valence-electron chi connectivity index (χ1n) is 7.81. The topological polar surface area (TPSA) is 90.9 Å². The Morgan fingerprint density at radius 2 is 1.81 bits per heavy atom. The van der Waals surface area contributed by atoms with Crippen molar-refractivity contribution >= 4 is 62.9 Å². The molecule has 27 heavy (non-hydrogen) atoms. The number of amides is 3. The Morgan fingerprint density at radius 1 is 1.15 bits per heavy atom. The molecule has 0 spiro atoms. The number of para-hydroxylation sites is 1. The van der Waals surface area contributed by atoms with Crippen LogP contribution in [0.15, 0.2) is 64.2 Å². The minimum absolute atomic E-state index is 0.00176. The number of rotatable bonds is 4. The van der Waals surface area contributed by atoms with E-state index >= 15 is 0 Å². The standard InChI is InChI=1S/C18H13BrN4O3S/c19-14-9-5-4-8-12(14)16(25)22-20-10-13-15(24)21-18(27)23(17(13)26)11-6-2-1-3-7-11/h1-10,13H,(H,22,25)(H,21,24,27)/b20-10-/t13-/m1/s1. The number of carbonyl (C=O) groups excluding carboxylic acids is 3. The molecule has 1 heterocycles. The number of anilines is 1. The average molecular weight is 445 g/mol. The fourth-order valence-corrected chi connectivity index (χ4v) is 3.18. The van der Waals surface area contributed by atoms with Crippen LogP contribution in [0, 0.1) is 5.92 Å². The normalized spacial score (nSPS) is 17.1. The van der Waals surface area contributed by atoms with Crippen LogP contribution < -0.4 is 15.6 Å². The number of nitrogens with zero attached hydrogens (tertiary/aromatic N) is 2. The number of thiocarbonyl (C=S) groups is 1.